The van der Waals surface area contributed by atoms with Gasteiger partial charge in [-0.2, -0.15) is 0 Å². The molecule has 0 saturated heterocycles. The minimum atomic E-state index is 0.257. The van der Waals surface area contributed by atoms with Crippen molar-refractivity contribution < 1.29 is 4.74 Å². The van der Waals surface area contributed by atoms with Crippen molar-refractivity contribution in [3.8, 4) is 0 Å². The zero-order valence-electron chi connectivity index (χ0n) is 10.5. The molecule has 2 heteroatoms. The Labute approximate surface area is 89.4 Å². The molecule has 0 atom stereocenters. The van der Waals surface area contributed by atoms with Crippen molar-refractivity contribution >= 4 is 0 Å². The van der Waals surface area contributed by atoms with Gasteiger partial charge in [0.1, 0.15) is 0 Å². The molecule has 86 valence electrons. The van der Waals surface area contributed by atoms with Gasteiger partial charge in [-0.05, 0) is 18.9 Å². The molecule has 0 spiro atoms. The van der Waals surface area contributed by atoms with Crippen molar-refractivity contribution in [2.24, 2.45) is 11.3 Å². The number of hydrogen-bond donors (Lipinski definition) is 1. The zero-order chi connectivity index (χ0) is 11.0. The first kappa shape index (κ1) is 13.9. The molecule has 0 bridgehead atoms. The molecule has 0 aromatic rings. The highest BCUT2D eigenvalue weighted by Crippen LogP contribution is 2.14. The smallest absolute Gasteiger partial charge is 0.0529 e. The van der Waals surface area contributed by atoms with Gasteiger partial charge >= 0.3 is 0 Å². The zero-order valence-corrected chi connectivity index (χ0v) is 10.5. The van der Waals surface area contributed by atoms with Crippen molar-refractivity contribution in [3.63, 3.8) is 0 Å². The van der Waals surface area contributed by atoms with Crippen LogP contribution in [0.1, 0.15) is 41.0 Å². The van der Waals surface area contributed by atoms with Crippen LogP contribution in [0.15, 0.2) is 0 Å². The van der Waals surface area contributed by atoms with E-state index in [4.69, 9.17) is 4.74 Å². The summed E-state index contributed by atoms with van der Waals surface area (Å²) in [6.45, 7) is 14.9. The lowest BCUT2D eigenvalue weighted by atomic mass is 9.95. The minimum Gasteiger partial charge on any atom is -0.381 e. The predicted octanol–water partition coefficient (Wildman–Crippen LogP) is 2.68. The quantitative estimate of drug-likeness (QED) is 0.610. The Bertz CT molecular complexity index is 132. The van der Waals surface area contributed by atoms with Gasteiger partial charge in [0.05, 0.1) is 6.61 Å². The molecule has 0 unspecified atom stereocenters. The molecular weight excluding hydrogens is 174 g/mol. The van der Waals surface area contributed by atoms with Gasteiger partial charge in [-0.25, -0.2) is 0 Å². The molecule has 0 aromatic heterocycles. The Morgan fingerprint density at radius 1 is 1.29 bits per heavy atom. The van der Waals surface area contributed by atoms with E-state index in [1.54, 1.807) is 0 Å². The van der Waals surface area contributed by atoms with Gasteiger partial charge in [0.2, 0.25) is 0 Å². The standard InChI is InChI=1S/C12H27NO/c1-6-13-9-12(4,5)10-14-8-7-11(2)3/h11,13H,6-10H2,1-5H3. The van der Waals surface area contributed by atoms with Crippen LogP contribution in [0.25, 0.3) is 0 Å². The van der Waals surface area contributed by atoms with E-state index in [1.165, 1.54) is 0 Å². The third kappa shape index (κ3) is 8.52. The van der Waals surface area contributed by atoms with E-state index in [0.717, 1.165) is 38.6 Å². The molecule has 14 heavy (non-hydrogen) atoms. The van der Waals surface area contributed by atoms with Crippen LogP contribution < -0.4 is 5.32 Å². The van der Waals surface area contributed by atoms with Crippen molar-refractivity contribution in [1.82, 2.24) is 5.32 Å². The average molecular weight is 201 g/mol. The van der Waals surface area contributed by atoms with Crippen LogP contribution >= 0.6 is 0 Å². The number of nitrogens with one attached hydrogen (secondary N) is 1. The summed E-state index contributed by atoms with van der Waals surface area (Å²) in [6, 6.07) is 0. The van der Waals surface area contributed by atoms with E-state index in [0.29, 0.717) is 0 Å². The lowest BCUT2D eigenvalue weighted by Crippen LogP contribution is -2.33. The van der Waals surface area contributed by atoms with Gasteiger partial charge in [-0.3, -0.25) is 0 Å². The van der Waals surface area contributed by atoms with Crippen LogP contribution in [0.2, 0.25) is 0 Å². The van der Waals surface area contributed by atoms with Crippen LogP contribution in [0, 0.1) is 11.3 Å². The Balaban J connectivity index is 3.44. The summed E-state index contributed by atoms with van der Waals surface area (Å²) >= 11 is 0. The molecule has 0 aliphatic carbocycles. The van der Waals surface area contributed by atoms with Crippen LogP contribution in [-0.4, -0.2) is 26.3 Å². The second-order valence-electron chi connectivity index (χ2n) is 5.18. The van der Waals surface area contributed by atoms with Crippen LogP contribution in [0.3, 0.4) is 0 Å². The van der Waals surface area contributed by atoms with Gasteiger partial charge in [0, 0.05) is 18.6 Å². The fraction of sp³-hybridized carbons (Fsp3) is 1.00. The fourth-order valence-electron chi connectivity index (χ4n) is 1.18. The molecule has 0 amide bonds. The highest BCUT2D eigenvalue weighted by molar-refractivity contribution is 4.70. The molecule has 0 aromatic carbocycles. The Hall–Kier alpha value is -0.0800. The molecular formula is C12H27NO. The molecule has 0 aliphatic rings. The van der Waals surface area contributed by atoms with E-state index in [9.17, 15) is 0 Å². The molecule has 2 nitrogen and oxygen atoms in total. The summed E-state index contributed by atoms with van der Waals surface area (Å²) in [5, 5.41) is 3.36. The average Bonchev–Trinajstić information content (AvgIpc) is 2.09. The normalized spacial score (nSPS) is 12.4. The van der Waals surface area contributed by atoms with E-state index >= 15 is 0 Å². The summed E-state index contributed by atoms with van der Waals surface area (Å²) in [7, 11) is 0. The molecule has 0 aliphatic heterocycles. The molecule has 0 rings (SSSR count). The van der Waals surface area contributed by atoms with E-state index in [-0.39, 0.29) is 5.41 Å². The molecule has 0 fully saturated rings. The lowest BCUT2D eigenvalue weighted by Gasteiger charge is -2.24. The lowest BCUT2D eigenvalue weighted by molar-refractivity contribution is 0.0563. The van der Waals surface area contributed by atoms with Crippen LogP contribution in [0.4, 0.5) is 0 Å². The predicted molar refractivity (Wildman–Crippen MR) is 62.6 cm³/mol. The van der Waals surface area contributed by atoms with Crippen molar-refractivity contribution in [2.75, 3.05) is 26.3 Å². The Morgan fingerprint density at radius 2 is 1.93 bits per heavy atom. The molecule has 0 heterocycles. The Kier molecular flexibility index (Phi) is 7.20. The maximum Gasteiger partial charge on any atom is 0.0529 e. The van der Waals surface area contributed by atoms with E-state index in [2.05, 4.69) is 39.9 Å². The fourth-order valence-corrected chi connectivity index (χ4v) is 1.18. The highest BCUT2D eigenvalue weighted by Gasteiger charge is 2.16. The van der Waals surface area contributed by atoms with Crippen molar-refractivity contribution in [1.29, 1.82) is 0 Å². The maximum atomic E-state index is 5.67. The van der Waals surface area contributed by atoms with Gasteiger partial charge in [-0.15, -0.1) is 0 Å². The van der Waals surface area contributed by atoms with Crippen LogP contribution in [-0.2, 0) is 4.74 Å². The number of hydrogen-bond acceptors (Lipinski definition) is 2. The molecule has 0 radical (unpaired) electrons. The van der Waals surface area contributed by atoms with Gasteiger partial charge < -0.3 is 10.1 Å². The molecule has 1 N–H and O–H groups in total. The summed E-state index contributed by atoms with van der Waals surface area (Å²) in [4.78, 5) is 0. The Morgan fingerprint density at radius 3 is 2.43 bits per heavy atom. The monoisotopic (exact) mass is 201 g/mol. The summed E-state index contributed by atoms with van der Waals surface area (Å²) in [6.07, 6.45) is 1.16. The second-order valence-corrected chi connectivity index (χ2v) is 5.18. The third-order valence-electron chi connectivity index (χ3n) is 2.19. The van der Waals surface area contributed by atoms with Gasteiger partial charge in [-0.1, -0.05) is 34.6 Å². The topological polar surface area (TPSA) is 21.3 Å². The number of ether oxygens (including phenoxy) is 1. The highest BCUT2D eigenvalue weighted by atomic mass is 16.5. The second kappa shape index (κ2) is 7.24. The van der Waals surface area contributed by atoms with Crippen molar-refractivity contribution in [3.05, 3.63) is 0 Å². The SMILES string of the molecule is CCNCC(C)(C)COCCC(C)C. The first-order valence-corrected chi connectivity index (χ1v) is 5.76. The van der Waals surface area contributed by atoms with E-state index < -0.39 is 0 Å². The minimum absolute atomic E-state index is 0.257. The molecule has 0 saturated carbocycles. The van der Waals surface area contributed by atoms with Crippen molar-refractivity contribution in [2.45, 2.75) is 41.0 Å². The first-order chi connectivity index (χ1) is 6.48. The summed E-state index contributed by atoms with van der Waals surface area (Å²) in [5.74, 6) is 0.742. The van der Waals surface area contributed by atoms with Crippen LogP contribution in [0.5, 0.6) is 0 Å². The largest absolute Gasteiger partial charge is 0.381 e. The maximum absolute atomic E-state index is 5.67. The summed E-state index contributed by atoms with van der Waals surface area (Å²) < 4.78 is 5.67. The first-order valence-electron chi connectivity index (χ1n) is 5.76. The van der Waals surface area contributed by atoms with Gasteiger partial charge in [0.15, 0.2) is 0 Å². The van der Waals surface area contributed by atoms with Gasteiger partial charge in [0.25, 0.3) is 0 Å². The number of rotatable bonds is 8. The van der Waals surface area contributed by atoms with E-state index in [1.807, 2.05) is 0 Å². The summed E-state index contributed by atoms with van der Waals surface area (Å²) in [5.41, 5.74) is 0.257. The third-order valence-corrected chi connectivity index (χ3v) is 2.19.